The van der Waals surface area contributed by atoms with E-state index in [0.29, 0.717) is 12.0 Å². The van der Waals surface area contributed by atoms with E-state index in [0.717, 1.165) is 19.7 Å². The highest BCUT2D eigenvalue weighted by Crippen LogP contribution is 2.27. The maximum atomic E-state index is 5.48. The van der Waals surface area contributed by atoms with Crippen LogP contribution in [0.15, 0.2) is 12.7 Å². The fourth-order valence-corrected chi connectivity index (χ4v) is 1.56. The van der Waals surface area contributed by atoms with Gasteiger partial charge < -0.3 is 10.1 Å². The molecule has 1 N–H and O–H groups in total. The van der Waals surface area contributed by atoms with E-state index in [1.807, 2.05) is 6.08 Å². The fraction of sp³-hybridized carbons (Fsp3) is 0.800. The molecule has 0 aromatic rings. The molecule has 0 aromatic heterocycles. The van der Waals surface area contributed by atoms with Crippen LogP contribution < -0.4 is 5.32 Å². The lowest BCUT2D eigenvalue weighted by Gasteiger charge is -2.33. The summed E-state index contributed by atoms with van der Waals surface area (Å²) in [4.78, 5) is 0. The van der Waals surface area contributed by atoms with Gasteiger partial charge >= 0.3 is 0 Å². The van der Waals surface area contributed by atoms with Gasteiger partial charge in [-0.2, -0.15) is 0 Å². The zero-order valence-corrected chi connectivity index (χ0v) is 7.94. The summed E-state index contributed by atoms with van der Waals surface area (Å²) >= 11 is 0. The first-order valence-electron chi connectivity index (χ1n) is 4.66. The first-order valence-corrected chi connectivity index (χ1v) is 4.66. The predicted molar refractivity (Wildman–Crippen MR) is 51.2 cm³/mol. The zero-order valence-electron chi connectivity index (χ0n) is 7.94. The highest BCUT2D eigenvalue weighted by molar-refractivity contribution is 4.80. The van der Waals surface area contributed by atoms with Crippen molar-refractivity contribution in [3.8, 4) is 0 Å². The predicted octanol–water partition coefficient (Wildman–Crippen LogP) is 1.58. The standard InChI is InChI=1S/C10H19NO/c1-3-8-12-9-10(2)4-6-11-7-5-10/h3,11H,1,4-9H2,2H3. The molecule has 1 saturated heterocycles. The van der Waals surface area contributed by atoms with Crippen LogP contribution in [0, 0.1) is 5.41 Å². The molecule has 0 amide bonds. The van der Waals surface area contributed by atoms with Gasteiger partial charge in [-0.3, -0.25) is 0 Å². The zero-order chi connectivity index (χ0) is 8.86. The lowest BCUT2D eigenvalue weighted by atomic mass is 9.82. The van der Waals surface area contributed by atoms with Crippen molar-refractivity contribution in [2.24, 2.45) is 5.41 Å². The second kappa shape index (κ2) is 4.63. The maximum absolute atomic E-state index is 5.48. The Balaban J connectivity index is 2.21. The minimum Gasteiger partial charge on any atom is -0.377 e. The van der Waals surface area contributed by atoms with E-state index in [1.165, 1.54) is 12.8 Å². The highest BCUT2D eigenvalue weighted by atomic mass is 16.5. The van der Waals surface area contributed by atoms with E-state index in [2.05, 4.69) is 18.8 Å². The van der Waals surface area contributed by atoms with Crippen LogP contribution in [0.25, 0.3) is 0 Å². The molecule has 0 aromatic carbocycles. The van der Waals surface area contributed by atoms with Crippen LogP contribution in [-0.4, -0.2) is 26.3 Å². The normalized spacial score (nSPS) is 22.1. The Kier molecular flexibility index (Phi) is 3.76. The molecular weight excluding hydrogens is 150 g/mol. The monoisotopic (exact) mass is 169 g/mol. The lowest BCUT2D eigenvalue weighted by Crippen LogP contribution is -2.37. The van der Waals surface area contributed by atoms with Crippen LogP contribution in [0.1, 0.15) is 19.8 Å². The van der Waals surface area contributed by atoms with Gasteiger partial charge in [-0.25, -0.2) is 0 Å². The molecule has 0 saturated carbocycles. The average Bonchev–Trinajstić information content (AvgIpc) is 2.06. The minimum atomic E-state index is 0.397. The van der Waals surface area contributed by atoms with E-state index in [9.17, 15) is 0 Å². The summed E-state index contributed by atoms with van der Waals surface area (Å²) in [5.74, 6) is 0. The summed E-state index contributed by atoms with van der Waals surface area (Å²) in [6.45, 7) is 9.76. The molecule has 0 unspecified atom stereocenters. The summed E-state index contributed by atoms with van der Waals surface area (Å²) < 4.78 is 5.48. The van der Waals surface area contributed by atoms with Crippen molar-refractivity contribution >= 4 is 0 Å². The number of piperidine rings is 1. The van der Waals surface area contributed by atoms with Crippen molar-refractivity contribution < 1.29 is 4.74 Å². The molecule has 12 heavy (non-hydrogen) atoms. The van der Waals surface area contributed by atoms with Crippen LogP contribution in [-0.2, 0) is 4.74 Å². The maximum Gasteiger partial charge on any atom is 0.0645 e. The molecule has 1 heterocycles. The molecular formula is C10H19NO. The third kappa shape index (κ3) is 2.95. The smallest absolute Gasteiger partial charge is 0.0645 e. The summed E-state index contributed by atoms with van der Waals surface area (Å²) in [5.41, 5.74) is 0.397. The second-order valence-electron chi connectivity index (χ2n) is 3.86. The Morgan fingerprint density at radius 3 is 2.75 bits per heavy atom. The van der Waals surface area contributed by atoms with Crippen molar-refractivity contribution in [2.45, 2.75) is 19.8 Å². The van der Waals surface area contributed by atoms with E-state index in [4.69, 9.17) is 4.74 Å². The van der Waals surface area contributed by atoms with Crippen molar-refractivity contribution in [1.29, 1.82) is 0 Å². The molecule has 1 aliphatic rings. The summed E-state index contributed by atoms with van der Waals surface area (Å²) in [6, 6.07) is 0. The van der Waals surface area contributed by atoms with E-state index in [1.54, 1.807) is 0 Å². The van der Waals surface area contributed by atoms with E-state index in [-0.39, 0.29) is 0 Å². The van der Waals surface area contributed by atoms with Crippen molar-refractivity contribution in [3.05, 3.63) is 12.7 Å². The molecule has 2 nitrogen and oxygen atoms in total. The Morgan fingerprint density at radius 2 is 2.17 bits per heavy atom. The van der Waals surface area contributed by atoms with Gasteiger partial charge in [0.15, 0.2) is 0 Å². The van der Waals surface area contributed by atoms with Crippen molar-refractivity contribution in [2.75, 3.05) is 26.3 Å². The summed E-state index contributed by atoms with van der Waals surface area (Å²) in [6.07, 6.45) is 4.26. The third-order valence-electron chi connectivity index (χ3n) is 2.50. The first-order chi connectivity index (χ1) is 5.77. The van der Waals surface area contributed by atoms with Gasteiger partial charge in [0.1, 0.15) is 0 Å². The topological polar surface area (TPSA) is 21.3 Å². The molecule has 70 valence electrons. The number of nitrogens with one attached hydrogen (secondary N) is 1. The van der Waals surface area contributed by atoms with Gasteiger partial charge in [-0.1, -0.05) is 13.0 Å². The molecule has 0 aliphatic carbocycles. The van der Waals surface area contributed by atoms with Crippen LogP contribution >= 0.6 is 0 Å². The molecule has 0 radical (unpaired) electrons. The fourth-order valence-electron chi connectivity index (χ4n) is 1.56. The lowest BCUT2D eigenvalue weighted by molar-refractivity contribution is 0.0498. The molecule has 1 fully saturated rings. The van der Waals surface area contributed by atoms with Gasteiger partial charge in [0.05, 0.1) is 13.2 Å². The second-order valence-corrected chi connectivity index (χ2v) is 3.86. The minimum absolute atomic E-state index is 0.397. The molecule has 2 heteroatoms. The quantitative estimate of drug-likeness (QED) is 0.509. The molecule has 0 bridgehead atoms. The largest absolute Gasteiger partial charge is 0.377 e. The average molecular weight is 169 g/mol. The molecule has 1 rings (SSSR count). The van der Waals surface area contributed by atoms with Crippen LogP contribution in [0.4, 0.5) is 0 Å². The van der Waals surface area contributed by atoms with Gasteiger partial charge in [0.25, 0.3) is 0 Å². The van der Waals surface area contributed by atoms with Gasteiger partial charge in [0, 0.05) is 0 Å². The summed E-state index contributed by atoms with van der Waals surface area (Å²) in [7, 11) is 0. The van der Waals surface area contributed by atoms with Gasteiger partial charge in [-0.15, -0.1) is 6.58 Å². The number of ether oxygens (including phenoxy) is 1. The SMILES string of the molecule is C=CCOCC1(C)CCNCC1. The van der Waals surface area contributed by atoms with Gasteiger partial charge in [0.2, 0.25) is 0 Å². The Hall–Kier alpha value is -0.340. The number of rotatable bonds is 4. The van der Waals surface area contributed by atoms with Crippen molar-refractivity contribution in [3.63, 3.8) is 0 Å². The first kappa shape index (κ1) is 9.75. The van der Waals surface area contributed by atoms with E-state index >= 15 is 0 Å². The van der Waals surface area contributed by atoms with Crippen molar-refractivity contribution in [1.82, 2.24) is 5.32 Å². The Labute approximate surface area is 75.0 Å². The summed E-state index contributed by atoms with van der Waals surface area (Å²) in [5, 5.41) is 3.35. The van der Waals surface area contributed by atoms with Crippen LogP contribution in [0.3, 0.4) is 0 Å². The van der Waals surface area contributed by atoms with Gasteiger partial charge in [-0.05, 0) is 31.3 Å². The number of hydrogen-bond donors (Lipinski definition) is 1. The number of hydrogen-bond acceptors (Lipinski definition) is 2. The molecule has 1 aliphatic heterocycles. The van der Waals surface area contributed by atoms with E-state index < -0.39 is 0 Å². The van der Waals surface area contributed by atoms with Crippen LogP contribution in [0.5, 0.6) is 0 Å². The molecule has 0 spiro atoms. The highest BCUT2D eigenvalue weighted by Gasteiger charge is 2.26. The molecule has 0 atom stereocenters. The third-order valence-corrected chi connectivity index (χ3v) is 2.50. The Bertz CT molecular complexity index is 139. The Morgan fingerprint density at radius 1 is 1.50 bits per heavy atom. The van der Waals surface area contributed by atoms with Crippen LogP contribution in [0.2, 0.25) is 0 Å².